The van der Waals surface area contributed by atoms with E-state index in [-0.39, 0.29) is 25.0 Å². The van der Waals surface area contributed by atoms with Gasteiger partial charge in [0, 0.05) is 36.6 Å². The minimum atomic E-state index is -0.198. The molecule has 7 heteroatoms. The van der Waals surface area contributed by atoms with Gasteiger partial charge in [0.2, 0.25) is 5.91 Å². The zero-order valence-corrected chi connectivity index (χ0v) is 14.8. The van der Waals surface area contributed by atoms with Crippen molar-refractivity contribution in [2.45, 2.75) is 0 Å². The Hall–Kier alpha value is -2.73. The fourth-order valence-corrected chi connectivity index (χ4v) is 2.11. The highest BCUT2D eigenvalue weighted by Gasteiger charge is 2.06. The molecule has 2 N–H and O–H groups in total. The summed E-state index contributed by atoms with van der Waals surface area (Å²) < 4.78 is 5.44. The zero-order valence-electron chi connectivity index (χ0n) is 14.1. The summed E-state index contributed by atoms with van der Waals surface area (Å²) in [7, 11) is 3.34. The van der Waals surface area contributed by atoms with E-state index in [0.29, 0.717) is 16.5 Å². The zero-order chi connectivity index (χ0) is 18.2. The second kappa shape index (κ2) is 8.94. The van der Waals surface area contributed by atoms with E-state index in [9.17, 15) is 9.59 Å². The fraction of sp³-hybridized carbons (Fsp3) is 0.222. The molecule has 0 aromatic heterocycles. The third kappa shape index (κ3) is 6.35. The molecule has 132 valence electrons. The molecule has 0 spiro atoms. The van der Waals surface area contributed by atoms with Gasteiger partial charge in [0.25, 0.3) is 5.91 Å². The standard InChI is InChI=1S/C18H20ClN3O3/c1-22(2)18(24)12-25-16-8-4-6-14(10-16)20-11-17(23)21-15-7-3-5-13(19)9-15/h3-10,20H,11-12H2,1-2H3,(H,21,23). The summed E-state index contributed by atoms with van der Waals surface area (Å²) in [5, 5.41) is 6.32. The van der Waals surface area contributed by atoms with E-state index in [1.54, 1.807) is 56.6 Å². The van der Waals surface area contributed by atoms with Gasteiger partial charge in [-0.05, 0) is 30.3 Å². The third-order valence-electron chi connectivity index (χ3n) is 3.26. The lowest BCUT2D eigenvalue weighted by Gasteiger charge is -2.12. The lowest BCUT2D eigenvalue weighted by molar-refractivity contribution is -0.130. The summed E-state index contributed by atoms with van der Waals surface area (Å²) in [6, 6.07) is 14.0. The first kappa shape index (κ1) is 18.6. The molecule has 0 aliphatic carbocycles. The van der Waals surface area contributed by atoms with Crippen LogP contribution in [0.1, 0.15) is 0 Å². The summed E-state index contributed by atoms with van der Waals surface area (Å²) in [6.45, 7) is 0.0539. The highest BCUT2D eigenvalue weighted by Crippen LogP contribution is 2.18. The van der Waals surface area contributed by atoms with E-state index in [1.807, 2.05) is 6.07 Å². The van der Waals surface area contributed by atoms with Crippen molar-refractivity contribution in [3.63, 3.8) is 0 Å². The van der Waals surface area contributed by atoms with Gasteiger partial charge in [-0.3, -0.25) is 9.59 Å². The van der Waals surface area contributed by atoms with E-state index >= 15 is 0 Å². The van der Waals surface area contributed by atoms with Crippen molar-refractivity contribution >= 4 is 34.8 Å². The average Bonchev–Trinajstić information content (AvgIpc) is 2.58. The molecule has 0 saturated carbocycles. The van der Waals surface area contributed by atoms with Crippen molar-refractivity contribution in [2.75, 3.05) is 37.9 Å². The van der Waals surface area contributed by atoms with Crippen molar-refractivity contribution in [3.8, 4) is 5.75 Å². The van der Waals surface area contributed by atoms with Crippen molar-refractivity contribution < 1.29 is 14.3 Å². The lowest BCUT2D eigenvalue weighted by atomic mass is 10.3. The molecule has 6 nitrogen and oxygen atoms in total. The first-order valence-electron chi connectivity index (χ1n) is 7.66. The number of halogens is 1. The molecule has 0 atom stereocenters. The smallest absolute Gasteiger partial charge is 0.259 e. The Bertz CT molecular complexity index is 750. The first-order valence-corrected chi connectivity index (χ1v) is 8.04. The maximum absolute atomic E-state index is 12.0. The number of ether oxygens (including phenoxy) is 1. The van der Waals surface area contributed by atoms with Gasteiger partial charge in [-0.1, -0.05) is 23.7 Å². The van der Waals surface area contributed by atoms with Gasteiger partial charge < -0.3 is 20.3 Å². The highest BCUT2D eigenvalue weighted by atomic mass is 35.5. The predicted molar refractivity (Wildman–Crippen MR) is 99.2 cm³/mol. The largest absolute Gasteiger partial charge is 0.484 e. The monoisotopic (exact) mass is 361 g/mol. The maximum atomic E-state index is 12.0. The number of nitrogens with one attached hydrogen (secondary N) is 2. The molecule has 2 rings (SSSR count). The van der Waals surface area contributed by atoms with E-state index in [4.69, 9.17) is 16.3 Å². The Morgan fingerprint density at radius 1 is 1.08 bits per heavy atom. The summed E-state index contributed by atoms with van der Waals surface area (Å²) in [5.41, 5.74) is 1.36. The molecule has 0 unspecified atom stereocenters. The minimum Gasteiger partial charge on any atom is -0.484 e. The molecule has 0 radical (unpaired) electrons. The molecule has 0 aliphatic heterocycles. The summed E-state index contributed by atoms with van der Waals surface area (Å²) in [5.74, 6) is 0.228. The summed E-state index contributed by atoms with van der Waals surface area (Å²) in [4.78, 5) is 25.0. The van der Waals surface area contributed by atoms with Gasteiger partial charge in [-0.2, -0.15) is 0 Å². The predicted octanol–water partition coefficient (Wildman–Crippen LogP) is 2.86. The molecule has 2 amide bonds. The van der Waals surface area contributed by atoms with Crippen molar-refractivity contribution in [1.82, 2.24) is 4.90 Å². The van der Waals surface area contributed by atoms with Gasteiger partial charge in [0.05, 0.1) is 6.54 Å². The van der Waals surface area contributed by atoms with Crippen LogP contribution in [0.25, 0.3) is 0 Å². The number of amides is 2. The van der Waals surface area contributed by atoms with Gasteiger partial charge in [-0.25, -0.2) is 0 Å². The summed E-state index contributed by atoms with van der Waals surface area (Å²) >= 11 is 5.88. The molecule has 2 aromatic carbocycles. The van der Waals surface area contributed by atoms with E-state index < -0.39 is 0 Å². The van der Waals surface area contributed by atoms with Crippen LogP contribution in [-0.2, 0) is 9.59 Å². The van der Waals surface area contributed by atoms with Crippen LogP contribution in [0.5, 0.6) is 5.75 Å². The van der Waals surface area contributed by atoms with E-state index in [1.165, 1.54) is 4.90 Å². The number of likely N-dealkylation sites (N-methyl/N-ethyl adjacent to an activating group) is 1. The molecule has 0 saturated heterocycles. The third-order valence-corrected chi connectivity index (χ3v) is 3.49. The number of carbonyl (C=O) groups is 2. The summed E-state index contributed by atoms with van der Waals surface area (Å²) in [6.07, 6.45) is 0. The molecular weight excluding hydrogens is 342 g/mol. The molecule has 0 heterocycles. The van der Waals surface area contributed by atoms with Gasteiger partial charge in [-0.15, -0.1) is 0 Å². The molecule has 25 heavy (non-hydrogen) atoms. The number of nitrogens with zero attached hydrogens (tertiary/aromatic N) is 1. The quantitative estimate of drug-likeness (QED) is 0.795. The van der Waals surface area contributed by atoms with Crippen LogP contribution in [-0.4, -0.2) is 44.0 Å². The SMILES string of the molecule is CN(C)C(=O)COc1cccc(NCC(=O)Nc2cccc(Cl)c2)c1. The number of rotatable bonds is 7. The van der Waals surface area contributed by atoms with Crippen molar-refractivity contribution in [3.05, 3.63) is 53.6 Å². The maximum Gasteiger partial charge on any atom is 0.259 e. The number of carbonyl (C=O) groups excluding carboxylic acids is 2. The number of anilines is 2. The van der Waals surface area contributed by atoms with Crippen molar-refractivity contribution in [1.29, 1.82) is 0 Å². The van der Waals surface area contributed by atoms with Crippen LogP contribution in [0.3, 0.4) is 0 Å². The van der Waals surface area contributed by atoms with Gasteiger partial charge >= 0.3 is 0 Å². The van der Waals surface area contributed by atoms with Crippen LogP contribution in [0.15, 0.2) is 48.5 Å². The molecule has 0 fully saturated rings. The topological polar surface area (TPSA) is 70.7 Å². The molecule has 0 aliphatic rings. The number of hydrogen-bond acceptors (Lipinski definition) is 4. The van der Waals surface area contributed by atoms with Gasteiger partial charge in [0.15, 0.2) is 6.61 Å². The molecule has 0 bridgehead atoms. The highest BCUT2D eigenvalue weighted by molar-refractivity contribution is 6.30. The lowest BCUT2D eigenvalue weighted by Crippen LogP contribution is -2.27. The Labute approximate surface area is 151 Å². The van der Waals surface area contributed by atoms with Gasteiger partial charge in [0.1, 0.15) is 5.75 Å². The Morgan fingerprint density at radius 3 is 2.52 bits per heavy atom. The number of hydrogen-bond donors (Lipinski definition) is 2. The first-order chi connectivity index (χ1) is 11.9. The van der Waals surface area contributed by atoms with Crippen molar-refractivity contribution in [2.24, 2.45) is 0 Å². The van der Waals surface area contributed by atoms with Crippen LogP contribution in [0.2, 0.25) is 5.02 Å². The Kier molecular flexibility index (Phi) is 6.65. The van der Waals surface area contributed by atoms with E-state index in [0.717, 1.165) is 5.69 Å². The van der Waals surface area contributed by atoms with Crippen LogP contribution in [0, 0.1) is 0 Å². The Morgan fingerprint density at radius 2 is 1.80 bits per heavy atom. The second-order valence-electron chi connectivity index (χ2n) is 5.52. The van der Waals surface area contributed by atoms with E-state index in [2.05, 4.69) is 10.6 Å². The fourth-order valence-electron chi connectivity index (χ4n) is 1.92. The Balaban J connectivity index is 1.85. The average molecular weight is 362 g/mol. The normalized spacial score (nSPS) is 10.0. The van der Waals surface area contributed by atoms with Crippen LogP contribution >= 0.6 is 11.6 Å². The van der Waals surface area contributed by atoms with Crippen LogP contribution < -0.4 is 15.4 Å². The second-order valence-corrected chi connectivity index (χ2v) is 5.95. The molecular formula is C18H20ClN3O3. The molecule has 2 aromatic rings. The van der Waals surface area contributed by atoms with Crippen LogP contribution in [0.4, 0.5) is 11.4 Å². The number of benzene rings is 2. The minimum absolute atomic E-state index is 0.0360.